The molecule has 1 aromatic carbocycles. The minimum absolute atomic E-state index is 0. The molecule has 2 aliphatic heterocycles. The first kappa shape index (κ1) is 24.1. The fourth-order valence-corrected chi connectivity index (χ4v) is 4.90. The number of aliphatic imine (C=N–C) groups is 1. The van der Waals surface area contributed by atoms with Gasteiger partial charge in [-0.2, -0.15) is 0 Å². The van der Waals surface area contributed by atoms with E-state index in [0.717, 1.165) is 73.7 Å². The van der Waals surface area contributed by atoms with E-state index in [-0.39, 0.29) is 29.4 Å². The van der Waals surface area contributed by atoms with Crippen LogP contribution in [-0.2, 0) is 16.6 Å². The Kier molecular flexibility index (Phi) is 8.40. The van der Waals surface area contributed by atoms with Gasteiger partial charge >= 0.3 is 0 Å². The molecular formula is C22H31IN4O3S. The number of benzene rings is 1. The zero-order valence-electron chi connectivity index (χ0n) is 18.3. The zero-order chi connectivity index (χ0) is 21.0. The topological polar surface area (TPSA) is 77.0 Å². The Hall–Kier alpha value is -1.59. The van der Waals surface area contributed by atoms with Crippen LogP contribution >= 0.6 is 35.3 Å². The maximum Gasteiger partial charge on any atom is 0.231 e. The number of thiazole rings is 1. The predicted molar refractivity (Wildman–Crippen MR) is 134 cm³/mol. The van der Waals surface area contributed by atoms with Gasteiger partial charge in [0.15, 0.2) is 17.5 Å². The van der Waals surface area contributed by atoms with Crippen molar-refractivity contribution in [2.45, 2.75) is 38.5 Å². The van der Waals surface area contributed by atoms with Gasteiger partial charge < -0.3 is 24.8 Å². The van der Waals surface area contributed by atoms with Gasteiger partial charge in [-0.15, -0.1) is 35.3 Å². The molecule has 1 saturated heterocycles. The van der Waals surface area contributed by atoms with Crippen molar-refractivity contribution in [2.24, 2.45) is 4.99 Å². The van der Waals surface area contributed by atoms with Gasteiger partial charge in [-0.1, -0.05) is 6.07 Å². The standard InChI is InChI=1S/C22H30N4O3S.HI/c1-15-16(2)30-20(26-15)6-9-24-21(23-3)25-13-22(7-10-27-11-8-22)17-4-5-18-19(12-17)29-14-28-18;/h4-5,12H,6-11,13-14H2,1-3H3,(H2,23,24,25);1H. The molecule has 0 aliphatic carbocycles. The van der Waals surface area contributed by atoms with Crippen LogP contribution in [0.15, 0.2) is 23.2 Å². The zero-order valence-corrected chi connectivity index (χ0v) is 21.5. The number of aryl methyl sites for hydroxylation is 2. The molecule has 1 aromatic heterocycles. The van der Waals surface area contributed by atoms with Crippen LogP contribution in [0.2, 0.25) is 0 Å². The van der Waals surface area contributed by atoms with Crippen molar-refractivity contribution in [3.8, 4) is 11.5 Å². The summed E-state index contributed by atoms with van der Waals surface area (Å²) in [7, 11) is 1.81. The summed E-state index contributed by atoms with van der Waals surface area (Å²) in [6, 6.07) is 6.29. The highest BCUT2D eigenvalue weighted by molar-refractivity contribution is 14.0. The van der Waals surface area contributed by atoms with Crippen LogP contribution in [-0.4, -0.2) is 51.1 Å². The van der Waals surface area contributed by atoms with Gasteiger partial charge in [0.2, 0.25) is 6.79 Å². The predicted octanol–water partition coefficient (Wildman–Crippen LogP) is 3.56. The maximum absolute atomic E-state index is 5.66. The Morgan fingerprint density at radius 1 is 1.16 bits per heavy atom. The van der Waals surface area contributed by atoms with E-state index >= 15 is 0 Å². The monoisotopic (exact) mass is 558 g/mol. The van der Waals surface area contributed by atoms with Crippen molar-refractivity contribution in [2.75, 3.05) is 40.1 Å². The molecule has 4 rings (SSSR count). The van der Waals surface area contributed by atoms with Gasteiger partial charge in [-0.25, -0.2) is 4.98 Å². The van der Waals surface area contributed by atoms with Crippen LogP contribution in [0.1, 0.15) is 34.0 Å². The third kappa shape index (κ3) is 5.61. The van der Waals surface area contributed by atoms with Crippen LogP contribution in [0, 0.1) is 13.8 Å². The maximum atomic E-state index is 5.66. The van der Waals surface area contributed by atoms with Gasteiger partial charge in [0.05, 0.1) is 10.7 Å². The van der Waals surface area contributed by atoms with Crippen LogP contribution in [0.3, 0.4) is 0 Å². The van der Waals surface area contributed by atoms with Gasteiger partial charge in [0.25, 0.3) is 0 Å². The molecule has 2 aliphatic rings. The van der Waals surface area contributed by atoms with E-state index in [4.69, 9.17) is 14.2 Å². The van der Waals surface area contributed by atoms with E-state index in [9.17, 15) is 0 Å². The van der Waals surface area contributed by atoms with Crippen molar-refractivity contribution < 1.29 is 14.2 Å². The largest absolute Gasteiger partial charge is 0.454 e. The molecule has 1 fully saturated rings. The fourth-order valence-electron chi connectivity index (χ4n) is 3.96. The summed E-state index contributed by atoms with van der Waals surface area (Å²) < 4.78 is 16.8. The van der Waals surface area contributed by atoms with Crippen LogP contribution in [0.5, 0.6) is 11.5 Å². The molecule has 0 radical (unpaired) electrons. The number of ether oxygens (including phenoxy) is 3. The van der Waals surface area contributed by atoms with E-state index in [1.54, 1.807) is 11.3 Å². The molecule has 0 atom stereocenters. The molecule has 170 valence electrons. The number of nitrogens with zero attached hydrogens (tertiary/aromatic N) is 2. The molecule has 7 nitrogen and oxygen atoms in total. The number of fused-ring (bicyclic) bond motifs is 1. The Morgan fingerprint density at radius 2 is 1.94 bits per heavy atom. The Balaban J connectivity index is 0.00000272. The highest BCUT2D eigenvalue weighted by atomic mass is 127. The molecule has 2 N–H and O–H groups in total. The lowest BCUT2D eigenvalue weighted by molar-refractivity contribution is 0.0513. The normalized spacial score (nSPS) is 17.2. The molecule has 0 unspecified atom stereocenters. The third-order valence-corrected chi connectivity index (χ3v) is 7.09. The lowest BCUT2D eigenvalue weighted by atomic mass is 9.74. The Labute approximate surface area is 205 Å². The van der Waals surface area contributed by atoms with Crippen molar-refractivity contribution in [1.82, 2.24) is 15.6 Å². The number of nitrogens with one attached hydrogen (secondary N) is 2. The number of hydrogen-bond acceptors (Lipinski definition) is 6. The van der Waals surface area contributed by atoms with Gasteiger partial charge in [0, 0.05) is 50.1 Å². The summed E-state index contributed by atoms with van der Waals surface area (Å²) in [5.74, 6) is 2.46. The summed E-state index contributed by atoms with van der Waals surface area (Å²) in [4.78, 5) is 10.3. The molecule has 0 saturated carbocycles. The molecule has 9 heteroatoms. The molecule has 0 spiro atoms. The van der Waals surface area contributed by atoms with Crippen LogP contribution in [0.25, 0.3) is 0 Å². The average molecular weight is 558 g/mol. The van der Waals surface area contributed by atoms with E-state index in [2.05, 4.69) is 46.6 Å². The second kappa shape index (κ2) is 10.8. The van der Waals surface area contributed by atoms with Crippen LogP contribution in [0.4, 0.5) is 0 Å². The molecule has 0 amide bonds. The van der Waals surface area contributed by atoms with Gasteiger partial charge in [-0.05, 0) is 44.4 Å². The smallest absolute Gasteiger partial charge is 0.231 e. The number of rotatable bonds is 6. The quantitative estimate of drug-likeness (QED) is 0.321. The van der Waals surface area contributed by atoms with E-state index in [0.29, 0.717) is 6.79 Å². The van der Waals surface area contributed by atoms with Crippen molar-refractivity contribution in [1.29, 1.82) is 0 Å². The van der Waals surface area contributed by atoms with Gasteiger partial charge in [0.1, 0.15) is 0 Å². The molecule has 31 heavy (non-hydrogen) atoms. The first-order chi connectivity index (χ1) is 14.6. The molecule has 2 aromatic rings. The number of aromatic nitrogens is 1. The fraction of sp³-hybridized carbons (Fsp3) is 0.545. The SMILES string of the molecule is CN=C(NCCc1nc(C)c(C)s1)NCC1(c2ccc3c(c2)OCO3)CCOCC1.I. The lowest BCUT2D eigenvalue weighted by Gasteiger charge is -2.38. The molecular weight excluding hydrogens is 527 g/mol. The molecule has 3 heterocycles. The number of hydrogen-bond donors (Lipinski definition) is 2. The second-order valence-corrected chi connectivity index (χ2v) is 9.10. The lowest BCUT2D eigenvalue weighted by Crippen LogP contribution is -2.48. The average Bonchev–Trinajstić information content (AvgIpc) is 3.36. The first-order valence-corrected chi connectivity index (χ1v) is 11.3. The highest BCUT2D eigenvalue weighted by Crippen LogP contribution is 2.40. The minimum atomic E-state index is -0.0274. The van der Waals surface area contributed by atoms with E-state index < -0.39 is 0 Å². The number of halogens is 1. The number of guanidine groups is 1. The summed E-state index contributed by atoms with van der Waals surface area (Å²) in [6.45, 7) is 7.57. The van der Waals surface area contributed by atoms with E-state index in [1.807, 2.05) is 13.1 Å². The van der Waals surface area contributed by atoms with Crippen molar-refractivity contribution in [3.63, 3.8) is 0 Å². The van der Waals surface area contributed by atoms with Gasteiger partial charge in [-0.3, -0.25) is 4.99 Å². The van der Waals surface area contributed by atoms with E-state index in [1.165, 1.54) is 10.4 Å². The summed E-state index contributed by atoms with van der Waals surface area (Å²) in [6.07, 6.45) is 2.80. The second-order valence-electron chi connectivity index (χ2n) is 7.81. The highest BCUT2D eigenvalue weighted by Gasteiger charge is 2.35. The third-order valence-electron chi connectivity index (χ3n) is 5.96. The van der Waals surface area contributed by atoms with Crippen molar-refractivity contribution in [3.05, 3.63) is 39.3 Å². The summed E-state index contributed by atoms with van der Waals surface area (Å²) >= 11 is 1.77. The van der Waals surface area contributed by atoms with Crippen molar-refractivity contribution >= 4 is 41.3 Å². The van der Waals surface area contributed by atoms with Crippen LogP contribution < -0.4 is 20.1 Å². The summed E-state index contributed by atoms with van der Waals surface area (Å²) in [5.41, 5.74) is 2.36. The Bertz CT molecular complexity index is 893. The minimum Gasteiger partial charge on any atom is -0.454 e. The summed E-state index contributed by atoms with van der Waals surface area (Å²) in [5, 5.41) is 8.13. The molecule has 0 bridgehead atoms. The first-order valence-electron chi connectivity index (χ1n) is 10.4. The Morgan fingerprint density at radius 3 is 2.65 bits per heavy atom.